The summed E-state index contributed by atoms with van der Waals surface area (Å²) in [4.78, 5) is 22.9. The van der Waals surface area contributed by atoms with Gasteiger partial charge in [0.2, 0.25) is 0 Å². The Morgan fingerprint density at radius 2 is 1.58 bits per heavy atom. The lowest BCUT2D eigenvalue weighted by molar-refractivity contribution is -0.140. The number of fused-ring (bicyclic) bond motifs is 1. The molecule has 7 heteroatoms. The van der Waals surface area contributed by atoms with Gasteiger partial charge in [-0.05, 0) is 92.6 Å². The van der Waals surface area contributed by atoms with E-state index in [2.05, 4.69) is 32.9 Å². The lowest BCUT2D eigenvalue weighted by atomic mass is 10.0. The molecule has 43 heavy (non-hydrogen) atoms. The minimum atomic E-state index is -0.929. The highest BCUT2D eigenvalue weighted by molar-refractivity contribution is 5.94. The summed E-state index contributed by atoms with van der Waals surface area (Å²) in [5.74, 6) is -0.0861. The van der Waals surface area contributed by atoms with Gasteiger partial charge in [0.15, 0.2) is 0 Å². The van der Waals surface area contributed by atoms with Gasteiger partial charge in [0.25, 0.3) is 0 Å². The summed E-state index contributed by atoms with van der Waals surface area (Å²) in [5, 5.41) is 19.7. The minimum Gasteiger partial charge on any atom is -0.490 e. The van der Waals surface area contributed by atoms with Crippen molar-refractivity contribution in [1.29, 1.82) is 0 Å². The van der Waals surface area contributed by atoms with Crippen LogP contribution in [0.15, 0.2) is 72.9 Å². The molecule has 4 aromatic rings. The van der Waals surface area contributed by atoms with E-state index in [1.807, 2.05) is 73.0 Å². The fourth-order valence-electron chi connectivity index (χ4n) is 5.27. The Labute approximate surface area is 252 Å². The molecule has 0 saturated carbocycles. The number of nitrogens with zero attached hydrogens (tertiary/aromatic N) is 1. The number of aliphatic carboxylic acids is 2. The molecule has 1 unspecified atom stereocenters. The fraction of sp³-hybridized carbons (Fsp3) is 0.278. The van der Waals surface area contributed by atoms with Crippen molar-refractivity contribution in [2.24, 2.45) is 0 Å². The normalized spacial score (nSPS) is 12.3. The Morgan fingerprint density at radius 1 is 0.907 bits per heavy atom. The summed E-state index contributed by atoms with van der Waals surface area (Å²) in [6.07, 6.45) is 10.8. The van der Waals surface area contributed by atoms with Crippen LogP contribution in [0.2, 0.25) is 0 Å². The Hall–Kier alpha value is -4.78. The van der Waals surface area contributed by atoms with E-state index >= 15 is 0 Å². The van der Waals surface area contributed by atoms with Gasteiger partial charge in [-0.2, -0.15) is 0 Å². The fourth-order valence-corrected chi connectivity index (χ4v) is 5.27. The van der Waals surface area contributed by atoms with Crippen LogP contribution in [0.4, 0.5) is 0 Å². The maximum absolute atomic E-state index is 11.9. The lowest BCUT2D eigenvalue weighted by Gasteiger charge is -2.12. The van der Waals surface area contributed by atoms with Crippen molar-refractivity contribution in [1.82, 2.24) is 4.57 Å². The van der Waals surface area contributed by atoms with Gasteiger partial charge in [0.1, 0.15) is 30.8 Å². The van der Waals surface area contributed by atoms with Gasteiger partial charge in [0.05, 0.1) is 5.52 Å². The summed E-state index contributed by atoms with van der Waals surface area (Å²) < 4.78 is 13.6. The van der Waals surface area contributed by atoms with Crippen LogP contribution < -0.4 is 9.47 Å². The monoisotopic (exact) mass is 581 g/mol. The lowest BCUT2D eigenvalue weighted by Crippen LogP contribution is -2.14. The molecule has 1 aromatic heterocycles. The third-order valence-electron chi connectivity index (χ3n) is 7.35. The average molecular weight is 582 g/mol. The maximum atomic E-state index is 11.9. The molecular weight excluding hydrogens is 542 g/mol. The molecule has 1 atom stereocenters. The summed E-state index contributed by atoms with van der Waals surface area (Å²) in [7, 11) is 0. The van der Waals surface area contributed by atoms with Crippen molar-refractivity contribution in [2.75, 3.05) is 13.2 Å². The van der Waals surface area contributed by atoms with E-state index in [1.165, 1.54) is 5.56 Å². The van der Waals surface area contributed by atoms with E-state index in [1.54, 1.807) is 11.5 Å². The van der Waals surface area contributed by atoms with E-state index < -0.39 is 18.0 Å². The molecule has 0 bridgehead atoms. The number of para-hydroxylation sites is 1. The predicted octanol–water partition coefficient (Wildman–Crippen LogP) is 7.80. The zero-order valence-corrected chi connectivity index (χ0v) is 25.2. The highest BCUT2D eigenvalue weighted by Gasteiger charge is 2.19. The van der Waals surface area contributed by atoms with Gasteiger partial charge in [-0.1, -0.05) is 60.2 Å². The number of rotatable bonds is 14. The molecular formula is C36H39NO6. The van der Waals surface area contributed by atoms with Gasteiger partial charge < -0.3 is 24.3 Å². The van der Waals surface area contributed by atoms with Crippen molar-refractivity contribution in [3.63, 3.8) is 0 Å². The van der Waals surface area contributed by atoms with Crippen LogP contribution in [0, 0.1) is 20.8 Å². The molecule has 0 aliphatic rings. The van der Waals surface area contributed by atoms with E-state index in [-0.39, 0.29) is 6.42 Å². The second-order valence-electron chi connectivity index (χ2n) is 10.8. The largest absolute Gasteiger partial charge is 0.490 e. The zero-order valence-electron chi connectivity index (χ0n) is 25.2. The molecule has 0 aliphatic carbocycles. The van der Waals surface area contributed by atoms with E-state index in [9.17, 15) is 14.7 Å². The number of carboxylic acids is 2. The number of carboxylic acid groups (broad SMARTS) is 2. The number of benzene rings is 3. The molecule has 0 radical (unpaired) electrons. The first kappa shape index (κ1) is 31.2. The average Bonchev–Trinajstić information content (AvgIpc) is 3.33. The van der Waals surface area contributed by atoms with Gasteiger partial charge in [-0.25, -0.2) is 4.79 Å². The molecule has 0 amide bonds. The van der Waals surface area contributed by atoms with E-state index in [0.717, 1.165) is 50.2 Å². The van der Waals surface area contributed by atoms with Gasteiger partial charge in [0, 0.05) is 18.0 Å². The number of carbonyl (C=O) groups is 2. The number of aromatic nitrogens is 1. The first-order valence-electron chi connectivity index (χ1n) is 14.5. The van der Waals surface area contributed by atoms with Crippen LogP contribution in [-0.4, -0.2) is 39.9 Å². The first-order valence-corrected chi connectivity index (χ1v) is 14.5. The Morgan fingerprint density at radius 3 is 2.23 bits per heavy atom. The highest BCUT2D eigenvalue weighted by atomic mass is 16.5. The number of aryl methyl sites for hydroxylation is 4. The van der Waals surface area contributed by atoms with E-state index in [4.69, 9.17) is 14.6 Å². The Kier molecular flexibility index (Phi) is 10.4. The second kappa shape index (κ2) is 14.4. The third-order valence-corrected chi connectivity index (χ3v) is 7.35. The summed E-state index contributed by atoms with van der Waals surface area (Å²) in [6.45, 7) is 8.75. The number of hydrogen-bond acceptors (Lipinski definition) is 4. The van der Waals surface area contributed by atoms with Crippen molar-refractivity contribution in [3.05, 3.63) is 106 Å². The SMILES string of the molecule is Cc1cc(C)c(OC/C=C/COc2ccc(/C=C/c3cccc4c(CCCC(=O)O)cn(C(C)C(=O)O)c34)cc2)c(C)c1. The molecule has 7 nitrogen and oxygen atoms in total. The van der Waals surface area contributed by atoms with Crippen molar-refractivity contribution >= 4 is 35.0 Å². The van der Waals surface area contributed by atoms with E-state index in [0.29, 0.717) is 26.1 Å². The summed E-state index contributed by atoms with van der Waals surface area (Å²) in [6, 6.07) is 17.1. The minimum absolute atomic E-state index is 0.0681. The summed E-state index contributed by atoms with van der Waals surface area (Å²) in [5.41, 5.74) is 7.13. The van der Waals surface area contributed by atoms with Crippen molar-refractivity contribution in [3.8, 4) is 11.5 Å². The highest BCUT2D eigenvalue weighted by Crippen LogP contribution is 2.30. The smallest absolute Gasteiger partial charge is 0.326 e. The second-order valence-corrected chi connectivity index (χ2v) is 10.8. The molecule has 0 spiro atoms. The molecule has 1 heterocycles. The molecule has 3 aromatic carbocycles. The third kappa shape index (κ3) is 8.16. The summed E-state index contributed by atoms with van der Waals surface area (Å²) >= 11 is 0. The molecule has 0 saturated heterocycles. The topological polar surface area (TPSA) is 98.0 Å². The zero-order chi connectivity index (χ0) is 30.9. The van der Waals surface area contributed by atoms with Gasteiger partial charge in [-0.3, -0.25) is 4.79 Å². The first-order chi connectivity index (χ1) is 20.6. The predicted molar refractivity (Wildman–Crippen MR) is 171 cm³/mol. The van der Waals surface area contributed by atoms with Crippen molar-refractivity contribution < 1.29 is 29.3 Å². The Bertz CT molecular complexity index is 1620. The number of hydrogen-bond donors (Lipinski definition) is 2. The van der Waals surface area contributed by atoms with Crippen LogP contribution in [0.25, 0.3) is 23.1 Å². The standard InChI is InChI=1S/C36H39NO6/c1-24-21-25(2)35(26(3)22-24)43-20-6-5-19-42-31-17-14-28(15-18-31)13-16-29-9-7-11-32-30(10-8-12-33(38)39)23-37(34(29)32)27(4)36(40)41/h5-7,9,11,13-18,21-23,27H,8,10,12,19-20H2,1-4H3,(H,38,39)(H,40,41)/b6-5+,16-13+. The van der Waals surface area contributed by atoms with Crippen LogP contribution in [0.1, 0.15) is 59.2 Å². The van der Waals surface area contributed by atoms with Gasteiger partial charge >= 0.3 is 11.9 Å². The van der Waals surface area contributed by atoms with Crippen LogP contribution >= 0.6 is 0 Å². The molecule has 224 valence electrons. The van der Waals surface area contributed by atoms with Crippen molar-refractivity contribution in [2.45, 2.75) is 53.0 Å². The molecule has 0 aliphatic heterocycles. The quantitative estimate of drug-likeness (QED) is 0.116. The molecule has 2 N–H and O–H groups in total. The van der Waals surface area contributed by atoms with Crippen LogP contribution in [0.5, 0.6) is 11.5 Å². The van der Waals surface area contributed by atoms with Gasteiger partial charge in [-0.15, -0.1) is 0 Å². The maximum Gasteiger partial charge on any atom is 0.326 e. The van der Waals surface area contributed by atoms with Crippen LogP contribution in [-0.2, 0) is 16.0 Å². The molecule has 4 rings (SSSR count). The van der Waals surface area contributed by atoms with Crippen LogP contribution in [0.3, 0.4) is 0 Å². The number of ether oxygens (including phenoxy) is 2. The Balaban J connectivity index is 1.40. The molecule has 0 fully saturated rings.